The highest BCUT2D eigenvalue weighted by molar-refractivity contribution is 7.92. The Labute approximate surface area is 123 Å². The predicted molar refractivity (Wildman–Crippen MR) is 83.8 cm³/mol. The van der Waals surface area contributed by atoms with Gasteiger partial charge in [-0.25, -0.2) is 13.4 Å². The lowest BCUT2D eigenvalue weighted by Crippen LogP contribution is -2.10. The van der Waals surface area contributed by atoms with Crippen LogP contribution in [0.3, 0.4) is 0 Å². The van der Waals surface area contributed by atoms with E-state index in [0.29, 0.717) is 12.2 Å². The lowest BCUT2D eigenvalue weighted by Gasteiger charge is -2.10. The van der Waals surface area contributed by atoms with Crippen LogP contribution in [0.5, 0.6) is 0 Å². The summed E-state index contributed by atoms with van der Waals surface area (Å²) < 4.78 is 24.9. The van der Waals surface area contributed by atoms with Gasteiger partial charge in [0.25, 0.3) is 0 Å². The molecule has 0 fully saturated rings. The minimum Gasteiger partial charge on any atom is -0.379 e. The molecule has 2 N–H and O–H groups in total. The first kappa shape index (κ1) is 14.8. The van der Waals surface area contributed by atoms with E-state index in [1.165, 1.54) is 0 Å². The summed E-state index contributed by atoms with van der Waals surface area (Å²) in [5.74, 6) is 0. The zero-order chi connectivity index (χ0) is 14.8. The number of nitrogens with one attached hydrogen (secondary N) is 2. The molecular weight excluding hydrogens is 294 g/mol. The van der Waals surface area contributed by atoms with Gasteiger partial charge >= 0.3 is 0 Å². The molecule has 0 amide bonds. The van der Waals surface area contributed by atoms with Gasteiger partial charge in [-0.3, -0.25) is 4.72 Å². The minimum atomic E-state index is -3.24. The van der Waals surface area contributed by atoms with E-state index in [4.69, 9.17) is 0 Å². The molecule has 0 saturated heterocycles. The molecule has 2 aromatic rings. The molecule has 0 atom stereocenters. The molecule has 1 aromatic heterocycles. The fourth-order valence-corrected chi connectivity index (χ4v) is 3.09. The first-order valence-corrected chi connectivity index (χ1v) is 8.84. The topological polar surface area (TPSA) is 71.1 Å². The van der Waals surface area contributed by atoms with Crippen molar-refractivity contribution >= 4 is 32.7 Å². The van der Waals surface area contributed by atoms with E-state index in [9.17, 15) is 8.42 Å². The molecule has 2 rings (SSSR count). The zero-order valence-corrected chi connectivity index (χ0v) is 13.2. The van der Waals surface area contributed by atoms with Gasteiger partial charge in [-0.05, 0) is 37.6 Å². The Morgan fingerprint density at radius 3 is 2.60 bits per heavy atom. The molecule has 5 nitrogen and oxygen atoms in total. The molecule has 0 radical (unpaired) electrons. The number of sulfonamides is 1. The number of thiazole rings is 1. The van der Waals surface area contributed by atoms with Gasteiger partial charge in [0, 0.05) is 16.8 Å². The van der Waals surface area contributed by atoms with Crippen LogP contribution in [0, 0.1) is 13.8 Å². The molecule has 20 heavy (non-hydrogen) atoms. The van der Waals surface area contributed by atoms with Gasteiger partial charge in [-0.15, -0.1) is 11.3 Å². The van der Waals surface area contributed by atoms with E-state index in [-0.39, 0.29) is 0 Å². The second kappa shape index (κ2) is 5.80. The summed E-state index contributed by atoms with van der Waals surface area (Å²) in [4.78, 5) is 4.38. The average molecular weight is 311 g/mol. The maximum Gasteiger partial charge on any atom is 0.229 e. The summed E-state index contributed by atoms with van der Waals surface area (Å²) in [6.07, 6.45) is 1.14. The third-order valence-corrected chi connectivity index (χ3v) is 4.19. The monoisotopic (exact) mass is 311 g/mol. The Hall–Kier alpha value is -1.60. The van der Waals surface area contributed by atoms with Crippen molar-refractivity contribution in [3.8, 4) is 0 Å². The van der Waals surface area contributed by atoms with E-state index in [1.54, 1.807) is 17.4 Å². The highest BCUT2D eigenvalue weighted by Crippen LogP contribution is 2.21. The van der Waals surface area contributed by atoms with E-state index in [2.05, 4.69) is 15.0 Å². The summed E-state index contributed by atoms with van der Waals surface area (Å²) in [6.45, 7) is 4.50. The van der Waals surface area contributed by atoms with Crippen LogP contribution in [-0.2, 0) is 16.6 Å². The normalized spacial score (nSPS) is 11.3. The number of hydrogen-bond donors (Lipinski definition) is 2. The Balaban J connectivity index is 2.05. The number of anilines is 2. The number of rotatable bonds is 5. The van der Waals surface area contributed by atoms with Gasteiger partial charge in [-0.2, -0.15) is 0 Å². The van der Waals surface area contributed by atoms with Crippen LogP contribution in [-0.4, -0.2) is 19.7 Å². The molecule has 7 heteroatoms. The molecule has 0 bridgehead atoms. The van der Waals surface area contributed by atoms with Crippen molar-refractivity contribution in [2.75, 3.05) is 16.3 Å². The second-order valence-corrected chi connectivity index (χ2v) is 7.33. The van der Waals surface area contributed by atoms with Crippen molar-refractivity contribution in [1.82, 2.24) is 4.98 Å². The van der Waals surface area contributed by atoms with Gasteiger partial charge in [0.2, 0.25) is 10.0 Å². The maximum absolute atomic E-state index is 11.2. The second-order valence-electron chi connectivity index (χ2n) is 4.64. The first-order chi connectivity index (χ1) is 9.33. The SMILES string of the molecule is Cc1csc(CNc2ccc(NS(C)(=O)=O)c(C)c2)n1. The van der Waals surface area contributed by atoms with Crippen LogP contribution in [0.2, 0.25) is 0 Å². The van der Waals surface area contributed by atoms with Gasteiger partial charge in [0.05, 0.1) is 18.5 Å². The Morgan fingerprint density at radius 1 is 1.30 bits per heavy atom. The number of aryl methyl sites for hydroxylation is 2. The highest BCUT2D eigenvalue weighted by atomic mass is 32.2. The molecule has 0 aliphatic carbocycles. The predicted octanol–water partition coefficient (Wildman–Crippen LogP) is 2.74. The van der Waals surface area contributed by atoms with Crippen molar-refractivity contribution in [3.05, 3.63) is 39.8 Å². The smallest absolute Gasteiger partial charge is 0.229 e. The Morgan fingerprint density at radius 2 is 2.05 bits per heavy atom. The molecule has 108 valence electrons. The molecule has 0 aliphatic rings. The lowest BCUT2D eigenvalue weighted by atomic mass is 10.2. The van der Waals surface area contributed by atoms with Crippen molar-refractivity contribution in [2.24, 2.45) is 0 Å². The Bertz CT molecular complexity index is 708. The third kappa shape index (κ3) is 4.21. The van der Waals surface area contributed by atoms with Crippen molar-refractivity contribution in [1.29, 1.82) is 0 Å². The van der Waals surface area contributed by atoms with Crippen molar-refractivity contribution < 1.29 is 8.42 Å². The van der Waals surface area contributed by atoms with Crippen molar-refractivity contribution in [2.45, 2.75) is 20.4 Å². The molecule has 0 saturated carbocycles. The van der Waals surface area contributed by atoms with Crippen LogP contribution in [0.4, 0.5) is 11.4 Å². The fraction of sp³-hybridized carbons (Fsp3) is 0.308. The number of hydrogen-bond acceptors (Lipinski definition) is 5. The maximum atomic E-state index is 11.2. The molecule has 0 unspecified atom stereocenters. The van der Waals surface area contributed by atoms with Crippen LogP contribution in [0.15, 0.2) is 23.6 Å². The number of benzene rings is 1. The van der Waals surface area contributed by atoms with E-state index in [1.807, 2.05) is 31.4 Å². The van der Waals surface area contributed by atoms with E-state index in [0.717, 1.165) is 28.2 Å². The van der Waals surface area contributed by atoms with Crippen LogP contribution in [0.25, 0.3) is 0 Å². The van der Waals surface area contributed by atoms with Gasteiger partial charge in [0.1, 0.15) is 5.01 Å². The van der Waals surface area contributed by atoms with Crippen LogP contribution in [0.1, 0.15) is 16.3 Å². The summed E-state index contributed by atoms with van der Waals surface area (Å²) in [6, 6.07) is 5.51. The first-order valence-electron chi connectivity index (χ1n) is 6.07. The quantitative estimate of drug-likeness (QED) is 0.890. The molecular formula is C13H17N3O2S2. The summed E-state index contributed by atoms with van der Waals surface area (Å²) in [5.41, 5.74) is 3.43. The standard InChI is InChI=1S/C13H17N3O2S2/c1-9-6-11(4-5-12(9)16-20(3,17)18)14-7-13-15-10(2)8-19-13/h4-6,8,14,16H,7H2,1-3H3. The lowest BCUT2D eigenvalue weighted by molar-refractivity contribution is 0.607. The summed E-state index contributed by atoms with van der Waals surface area (Å²) in [7, 11) is -3.24. The number of aromatic nitrogens is 1. The van der Waals surface area contributed by atoms with Gasteiger partial charge in [0.15, 0.2) is 0 Å². The van der Waals surface area contributed by atoms with Crippen LogP contribution < -0.4 is 10.0 Å². The zero-order valence-electron chi connectivity index (χ0n) is 11.6. The average Bonchev–Trinajstić information content (AvgIpc) is 2.74. The number of nitrogens with zero attached hydrogens (tertiary/aromatic N) is 1. The minimum absolute atomic E-state index is 0.600. The fourth-order valence-electron chi connectivity index (χ4n) is 1.75. The Kier molecular flexibility index (Phi) is 4.29. The molecule has 1 heterocycles. The highest BCUT2D eigenvalue weighted by Gasteiger charge is 2.06. The van der Waals surface area contributed by atoms with Crippen LogP contribution >= 0.6 is 11.3 Å². The summed E-state index contributed by atoms with van der Waals surface area (Å²) >= 11 is 1.62. The largest absolute Gasteiger partial charge is 0.379 e. The van der Waals surface area contributed by atoms with E-state index < -0.39 is 10.0 Å². The van der Waals surface area contributed by atoms with E-state index >= 15 is 0 Å². The molecule has 0 aliphatic heterocycles. The third-order valence-electron chi connectivity index (χ3n) is 2.63. The van der Waals surface area contributed by atoms with Gasteiger partial charge < -0.3 is 5.32 Å². The summed E-state index contributed by atoms with van der Waals surface area (Å²) in [5, 5.41) is 6.32. The molecule has 0 spiro atoms. The molecule has 1 aromatic carbocycles. The van der Waals surface area contributed by atoms with Crippen molar-refractivity contribution in [3.63, 3.8) is 0 Å². The van der Waals surface area contributed by atoms with Gasteiger partial charge in [-0.1, -0.05) is 0 Å².